The fourth-order valence-electron chi connectivity index (χ4n) is 1.52. The second-order valence-electron chi connectivity index (χ2n) is 5.93. The standard InChI is InChI=1S/C15H18FNO2/c1-14(2,3)19-13(18)15(4,5)11-6-7-12(16)10(8-11)9-17/h6-8H,1-5H3. The maximum atomic E-state index is 13.3. The lowest BCUT2D eigenvalue weighted by Crippen LogP contribution is -2.36. The molecule has 0 aliphatic carbocycles. The quantitative estimate of drug-likeness (QED) is 0.769. The Morgan fingerprint density at radius 3 is 2.32 bits per heavy atom. The zero-order valence-electron chi connectivity index (χ0n) is 11.9. The predicted molar refractivity (Wildman–Crippen MR) is 70.0 cm³/mol. The van der Waals surface area contributed by atoms with E-state index in [1.165, 1.54) is 18.2 Å². The zero-order chi connectivity index (χ0) is 14.8. The second-order valence-corrected chi connectivity index (χ2v) is 5.93. The Bertz CT molecular complexity index is 536. The molecule has 0 aromatic heterocycles. The van der Waals surface area contributed by atoms with E-state index >= 15 is 0 Å². The van der Waals surface area contributed by atoms with Crippen molar-refractivity contribution >= 4 is 5.97 Å². The van der Waals surface area contributed by atoms with E-state index in [4.69, 9.17) is 10.00 Å². The van der Waals surface area contributed by atoms with E-state index in [-0.39, 0.29) is 5.56 Å². The monoisotopic (exact) mass is 263 g/mol. The summed E-state index contributed by atoms with van der Waals surface area (Å²) in [6, 6.07) is 5.85. The Morgan fingerprint density at radius 2 is 1.84 bits per heavy atom. The van der Waals surface area contributed by atoms with Crippen molar-refractivity contribution in [2.75, 3.05) is 0 Å². The van der Waals surface area contributed by atoms with Gasteiger partial charge in [0.25, 0.3) is 0 Å². The van der Waals surface area contributed by atoms with E-state index in [0.29, 0.717) is 5.56 Å². The molecular weight excluding hydrogens is 245 g/mol. The third-order valence-corrected chi connectivity index (χ3v) is 2.72. The predicted octanol–water partition coefficient (Wildman–Crippen LogP) is 3.32. The van der Waals surface area contributed by atoms with Crippen LogP contribution in [0.3, 0.4) is 0 Å². The van der Waals surface area contributed by atoms with Crippen molar-refractivity contribution in [3.8, 4) is 6.07 Å². The van der Waals surface area contributed by atoms with Crippen LogP contribution in [0.5, 0.6) is 0 Å². The minimum atomic E-state index is -0.938. The molecule has 1 aromatic rings. The molecule has 0 radical (unpaired) electrons. The van der Waals surface area contributed by atoms with Crippen LogP contribution in [0.15, 0.2) is 18.2 Å². The van der Waals surface area contributed by atoms with Crippen LogP contribution in [-0.4, -0.2) is 11.6 Å². The van der Waals surface area contributed by atoms with Gasteiger partial charge in [0.05, 0.1) is 11.0 Å². The van der Waals surface area contributed by atoms with Crippen molar-refractivity contribution in [1.82, 2.24) is 0 Å². The van der Waals surface area contributed by atoms with E-state index in [2.05, 4.69) is 0 Å². The van der Waals surface area contributed by atoms with Crippen molar-refractivity contribution in [1.29, 1.82) is 5.26 Å². The molecule has 0 heterocycles. The van der Waals surface area contributed by atoms with Gasteiger partial charge in [-0.15, -0.1) is 0 Å². The van der Waals surface area contributed by atoms with Crippen LogP contribution in [0.2, 0.25) is 0 Å². The van der Waals surface area contributed by atoms with Crippen molar-refractivity contribution in [2.24, 2.45) is 0 Å². The smallest absolute Gasteiger partial charge is 0.316 e. The van der Waals surface area contributed by atoms with Gasteiger partial charge in [0, 0.05) is 0 Å². The summed E-state index contributed by atoms with van der Waals surface area (Å²) in [7, 11) is 0. The van der Waals surface area contributed by atoms with Crippen molar-refractivity contribution in [3.63, 3.8) is 0 Å². The number of rotatable bonds is 2. The van der Waals surface area contributed by atoms with E-state index in [9.17, 15) is 9.18 Å². The first-order valence-electron chi connectivity index (χ1n) is 6.01. The number of hydrogen-bond acceptors (Lipinski definition) is 3. The van der Waals surface area contributed by atoms with Crippen LogP contribution in [0.1, 0.15) is 45.7 Å². The molecule has 1 rings (SSSR count). The van der Waals surface area contributed by atoms with Gasteiger partial charge in [-0.05, 0) is 52.3 Å². The van der Waals surface area contributed by atoms with Gasteiger partial charge in [-0.1, -0.05) is 6.07 Å². The van der Waals surface area contributed by atoms with Crippen LogP contribution in [0.25, 0.3) is 0 Å². The Kier molecular flexibility index (Phi) is 4.00. The lowest BCUT2D eigenvalue weighted by atomic mass is 9.83. The highest BCUT2D eigenvalue weighted by Gasteiger charge is 2.34. The minimum Gasteiger partial charge on any atom is -0.459 e. The first-order valence-corrected chi connectivity index (χ1v) is 6.01. The summed E-state index contributed by atoms with van der Waals surface area (Å²) in [5.41, 5.74) is -1.05. The molecule has 0 saturated heterocycles. The Balaban J connectivity index is 3.13. The summed E-state index contributed by atoms with van der Waals surface area (Å²) in [5.74, 6) is -0.998. The van der Waals surface area contributed by atoms with Gasteiger partial charge in [-0.2, -0.15) is 5.26 Å². The molecular formula is C15H18FNO2. The zero-order valence-corrected chi connectivity index (χ0v) is 11.9. The summed E-state index contributed by atoms with van der Waals surface area (Å²) in [6.45, 7) is 8.73. The molecule has 0 bridgehead atoms. The summed E-state index contributed by atoms with van der Waals surface area (Å²) in [5, 5.41) is 8.83. The van der Waals surface area contributed by atoms with Gasteiger partial charge in [0.15, 0.2) is 0 Å². The van der Waals surface area contributed by atoms with E-state index in [1.54, 1.807) is 40.7 Å². The Hall–Kier alpha value is -1.89. The highest BCUT2D eigenvalue weighted by Crippen LogP contribution is 2.28. The van der Waals surface area contributed by atoms with Crippen molar-refractivity contribution < 1.29 is 13.9 Å². The topological polar surface area (TPSA) is 50.1 Å². The van der Waals surface area contributed by atoms with Gasteiger partial charge >= 0.3 is 5.97 Å². The average molecular weight is 263 g/mol. The molecule has 1 aromatic carbocycles. The van der Waals surface area contributed by atoms with Crippen LogP contribution in [-0.2, 0) is 14.9 Å². The van der Waals surface area contributed by atoms with Crippen molar-refractivity contribution in [3.05, 3.63) is 35.1 Å². The molecule has 19 heavy (non-hydrogen) atoms. The van der Waals surface area contributed by atoms with Crippen LogP contribution >= 0.6 is 0 Å². The summed E-state index contributed by atoms with van der Waals surface area (Å²) < 4.78 is 18.6. The lowest BCUT2D eigenvalue weighted by Gasteiger charge is -2.28. The molecule has 0 aliphatic rings. The minimum absolute atomic E-state index is 0.0749. The fraction of sp³-hybridized carbons (Fsp3) is 0.467. The number of nitriles is 1. The number of hydrogen-bond donors (Lipinski definition) is 0. The first kappa shape index (κ1) is 15.2. The van der Waals surface area contributed by atoms with E-state index < -0.39 is 22.8 Å². The van der Waals surface area contributed by atoms with E-state index in [1.807, 2.05) is 0 Å². The maximum Gasteiger partial charge on any atom is 0.316 e. The van der Waals surface area contributed by atoms with Crippen LogP contribution in [0, 0.1) is 17.1 Å². The van der Waals surface area contributed by atoms with Gasteiger partial charge < -0.3 is 4.74 Å². The maximum absolute atomic E-state index is 13.3. The third-order valence-electron chi connectivity index (χ3n) is 2.72. The van der Waals surface area contributed by atoms with Gasteiger partial charge in [-0.3, -0.25) is 4.79 Å². The molecule has 0 unspecified atom stereocenters. The number of carbonyl (C=O) groups excluding carboxylic acids is 1. The molecule has 4 heteroatoms. The Labute approximate surface area is 113 Å². The molecule has 0 amide bonds. The number of carbonyl (C=O) groups is 1. The molecule has 0 saturated carbocycles. The number of benzene rings is 1. The van der Waals surface area contributed by atoms with Gasteiger partial charge in [0.2, 0.25) is 0 Å². The van der Waals surface area contributed by atoms with Gasteiger partial charge in [0.1, 0.15) is 17.5 Å². The Morgan fingerprint density at radius 1 is 1.26 bits per heavy atom. The SMILES string of the molecule is CC(C)(C)OC(=O)C(C)(C)c1ccc(F)c(C#N)c1. The number of halogens is 1. The van der Waals surface area contributed by atoms with E-state index in [0.717, 1.165) is 0 Å². The summed E-state index contributed by atoms with van der Waals surface area (Å²) >= 11 is 0. The lowest BCUT2D eigenvalue weighted by molar-refractivity contribution is -0.160. The summed E-state index contributed by atoms with van der Waals surface area (Å²) in [6.07, 6.45) is 0. The molecule has 0 fully saturated rings. The number of ether oxygens (including phenoxy) is 1. The molecule has 0 spiro atoms. The molecule has 3 nitrogen and oxygen atoms in total. The highest BCUT2D eigenvalue weighted by atomic mass is 19.1. The van der Waals surface area contributed by atoms with Crippen molar-refractivity contribution in [2.45, 2.75) is 45.6 Å². The largest absolute Gasteiger partial charge is 0.459 e. The van der Waals surface area contributed by atoms with Crippen LogP contribution < -0.4 is 0 Å². The number of esters is 1. The highest BCUT2D eigenvalue weighted by molar-refractivity contribution is 5.82. The molecule has 0 aliphatic heterocycles. The fourth-order valence-corrected chi connectivity index (χ4v) is 1.52. The molecule has 102 valence electrons. The molecule has 0 N–H and O–H groups in total. The first-order chi connectivity index (χ1) is 8.58. The normalized spacial score (nSPS) is 11.8. The van der Waals surface area contributed by atoms with Crippen LogP contribution in [0.4, 0.5) is 4.39 Å². The average Bonchev–Trinajstić information content (AvgIpc) is 2.27. The van der Waals surface area contributed by atoms with Gasteiger partial charge in [-0.25, -0.2) is 4.39 Å². The molecule has 0 atom stereocenters. The summed E-state index contributed by atoms with van der Waals surface area (Å²) in [4.78, 5) is 12.2. The number of nitrogens with zero attached hydrogens (tertiary/aromatic N) is 1. The second kappa shape index (κ2) is 5.00. The third kappa shape index (κ3) is 3.54.